The van der Waals surface area contributed by atoms with Crippen LogP contribution in [-0.2, 0) is 7.05 Å². The van der Waals surface area contributed by atoms with Crippen molar-refractivity contribution < 1.29 is 19.2 Å². The molecule has 10 heteroatoms. The van der Waals surface area contributed by atoms with Crippen LogP contribution in [-0.4, -0.2) is 32.7 Å². The van der Waals surface area contributed by atoms with E-state index in [1.54, 1.807) is 41.1 Å². The van der Waals surface area contributed by atoms with E-state index >= 15 is 0 Å². The zero-order chi connectivity index (χ0) is 26.8. The molecule has 0 unspecified atom stereocenters. The Balaban J connectivity index is 1.54. The van der Waals surface area contributed by atoms with Crippen LogP contribution < -0.4 is 14.8 Å². The first kappa shape index (κ1) is 24.4. The van der Waals surface area contributed by atoms with Gasteiger partial charge in [-0.1, -0.05) is 30.3 Å². The number of hydrogen-bond acceptors (Lipinski definition) is 7. The second-order valence-electron chi connectivity index (χ2n) is 8.55. The smallest absolute Gasteiger partial charge is 0.275 e. The van der Waals surface area contributed by atoms with E-state index < -0.39 is 10.8 Å². The van der Waals surface area contributed by atoms with E-state index in [2.05, 4.69) is 10.4 Å². The molecule has 2 aromatic heterocycles. The van der Waals surface area contributed by atoms with E-state index in [0.717, 1.165) is 11.3 Å². The molecule has 0 spiro atoms. The minimum absolute atomic E-state index is 0.172. The van der Waals surface area contributed by atoms with Gasteiger partial charge in [0.2, 0.25) is 0 Å². The largest absolute Gasteiger partial charge is 0.493 e. The minimum Gasteiger partial charge on any atom is -0.493 e. The van der Waals surface area contributed by atoms with Gasteiger partial charge in [-0.2, -0.15) is 5.10 Å². The van der Waals surface area contributed by atoms with Crippen LogP contribution in [0, 0.1) is 17.0 Å². The molecule has 190 valence electrons. The highest BCUT2D eigenvalue weighted by Crippen LogP contribution is 2.35. The van der Waals surface area contributed by atoms with Crippen molar-refractivity contribution in [3.63, 3.8) is 0 Å². The highest BCUT2D eigenvalue weighted by atomic mass is 16.6. The molecule has 0 atom stereocenters. The predicted octanol–water partition coefficient (Wildman–Crippen LogP) is 5.91. The summed E-state index contributed by atoms with van der Waals surface area (Å²) in [6.07, 6.45) is 1.84. The highest BCUT2D eigenvalue weighted by Gasteiger charge is 2.19. The van der Waals surface area contributed by atoms with Gasteiger partial charge < -0.3 is 14.8 Å². The van der Waals surface area contributed by atoms with Crippen molar-refractivity contribution in [2.24, 2.45) is 7.05 Å². The molecule has 1 N–H and O–H groups in total. The van der Waals surface area contributed by atoms with Gasteiger partial charge in [0.1, 0.15) is 5.75 Å². The first-order valence-corrected chi connectivity index (χ1v) is 11.6. The van der Waals surface area contributed by atoms with Crippen molar-refractivity contribution in [2.75, 3.05) is 12.4 Å². The van der Waals surface area contributed by atoms with Crippen LogP contribution in [0.5, 0.6) is 17.2 Å². The molecule has 0 aliphatic carbocycles. The van der Waals surface area contributed by atoms with Gasteiger partial charge in [0.15, 0.2) is 11.5 Å². The standard InChI is InChI=1S/C28H23N5O5/c1-17-23(16-32(2)31-17)25-15-22(21-8-4-5-9-24(21)30-25)28(34)29-18-12-19(33(35)36)14-20(13-18)38-27-11-7-6-10-26(27)37-3/h4-16H,1-3H3,(H,29,34). The van der Waals surface area contributed by atoms with Crippen molar-refractivity contribution >= 4 is 28.2 Å². The molecule has 0 radical (unpaired) electrons. The van der Waals surface area contributed by atoms with Gasteiger partial charge in [-0.05, 0) is 31.2 Å². The summed E-state index contributed by atoms with van der Waals surface area (Å²) in [5.41, 5.74) is 3.14. The number of amides is 1. The van der Waals surface area contributed by atoms with E-state index in [0.29, 0.717) is 33.7 Å². The summed E-state index contributed by atoms with van der Waals surface area (Å²) in [7, 11) is 3.32. The molecule has 0 saturated carbocycles. The molecule has 2 heterocycles. The monoisotopic (exact) mass is 509 g/mol. The van der Waals surface area contributed by atoms with Crippen LogP contribution in [0.15, 0.2) is 79.0 Å². The average Bonchev–Trinajstić information content (AvgIpc) is 3.25. The number of carbonyl (C=O) groups excluding carboxylic acids is 1. The van der Waals surface area contributed by atoms with Gasteiger partial charge in [0, 0.05) is 36.3 Å². The number of non-ortho nitro benzene ring substituents is 1. The van der Waals surface area contributed by atoms with Crippen molar-refractivity contribution in [1.29, 1.82) is 0 Å². The Morgan fingerprint density at radius 1 is 1.03 bits per heavy atom. The zero-order valence-corrected chi connectivity index (χ0v) is 20.8. The normalized spacial score (nSPS) is 10.8. The van der Waals surface area contributed by atoms with Crippen molar-refractivity contribution in [3.05, 3.63) is 100 Å². The molecular formula is C28H23N5O5. The fourth-order valence-electron chi connectivity index (χ4n) is 4.20. The first-order valence-electron chi connectivity index (χ1n) is 11.6. The number of nitrogens with one attached hydrogen (secondary N) is 1. The second-order valence-corrected chi connectivity index (χ2v) is 8.55. The van der Waals surface area contributed by atoms with Gasteiger partial charge in [0.05, 0.1) is 46.3 Å². The third kappa shape index (κ3) is 4.87. The summed E-state index contributed by atoms with van der Waals surface area (Å²) >= 11 is 0. The fraction of sp³-hybridized carbons (Fsp3) is 0.107. The number of rotatable bonds is 7. The molecule has 0 saturated heterocycles. The maximum atomic E-state index is 13.6. The van der Waals surface area contributed by atoms with E-state index in [1.807, 2.05) is 38.4 Å². The van der Waals surface area contributed by atoms with Crippen LogP contribution in [0.4, 0.5) is 11.4 Å². The van der Waals surface area contributed by atoms with Gasteiger partial charge in [0.25, 0.3) is 11.6 Å². The number of fused-ring (bicyclic) bond motifs is 1. The van der Waals surface area contributed by atoms with Gasteiger partial charge >= 0.3 is 0 Å². The SMILES string of the molecule is COc1ccccc1Oc1cc(NC(=O)c2cc(-c3cn(C)nc3C)nc3ccccc23)cc([N+](=O)[O-])c1. The number of ether oxygens (including phenoxy) is 2. The van der Waals surface area contributed by atoms with Crippen LogP contribution in [0.2, 0.25) is 0 Å². The lowest BCUT2D eigenvalue weighted by Gasteiger charge is -2.13. The summed E-state index contributed by atoms with van der Waals surface area (Å²) in [6.45, 7) is 1.87. The fourth-order valence-corrected chi connectivity index (χ4v) is 4.20. The Labute approximate surface area is 217 Å². The number of pyridine rings is 1. The molecule has 0 aliphatic heterocycles. The van der Waals surface area contributed by atoms with Crippen molar-refractivity contribution in [2.45, 2.75) is 6.92 Å². The molecule has 3 aromatic carbocycles. The Hall–Kier alpha value is -5.25. The van der Waals surface area contributed by atoms with Gasteiger partial charge in [-0.15, -0.1) is 0 Å². The molecule has 0 bridgehead atoms. The second kappa shape index (κ2) is 10.0. The third-order valence-corrected chi connectivity index (χ3v) is 5.91. The number of carbonyl (C=O) groups is 1. The first-order chi connectivity index (χ1) is 18.3. The lowest BCUT2D eigenvalue weighted by Crippen LogP contribution is -2.13. The Bertz CT molecular complexity index is 1690. The number of nitro benzene ring substituents is 1. The summed E-state index contributed by atoms with van der Waals surface area (Å²) in [4.78, 5) is 29.4. The zero-order valence-electron chi connectivity index (χ0n) is 20.8. The lowest BCUT2D eigenvalue weighted by atomic mass is 10.0. The molecule has 5 aromatic rings. The molecule has 38 heavy (non-hydrogen) atoms. The Morgan fingerprint density at radius 2 is 1.76 bits per heavy atom. The maximum Gasteiger partial charge on any atom is 0.275 e. The van der Waals surface area contributed by atoms with E-state index in [9.17, 15) is 14.9 Å². The number of para-hydroxylation sites is 3. The summed E-state index contributed by atoms with van der Waals surface area (Å²) in [5.74, 6) is 0.566. The van der Waals surface area contributed by atoms with E-state index in [1.165, 1.54) is 25.3 Å². The molecule has 5 rings (SSSR count). The quantitative estimate of drug-likeness (QED) is 0.214. The number of nitrogens with zero attached hydrogens (tertiary/aromatic N) is 4. The topological polar surface area (TPSA) is 121 Å². The average molecular weight is 510 g/mol. The number of aromatic nitrogens is 3. The van der Waals surface area contributed by atoms with Crippen LogP contribution >= 0.6 is 0 Å². The predicted molar refractivity (Wildman–Crippen MR) is 143 cm³/mol. The minimum atomic E-state index is -0.546. The van der Waals surface area contributed by atoms with Crippen LogP contribution in [0.3, 0.4) is 0 Å². The summed E-state index contributed by atoms with van der Waals surface area (Å²) in [5, 5.41) is 19.5. The molecule has 10 nitrogen and oxygen atoms in total. The van der Waals surface area contributed by atoms with Gasteiger partial charge in [-0.3, -0.25) is 19.6 Å². The number of nitro groups is 1. The highest BCUT2D eigenvalue weighted by molar-refractivity contribution is 6.13. The van der Waals surface area contributed by atoms with E-state index in [-0.39, 0.29) is 17.1 Å². The third-order valence-electron chi connectivity index (χ3n) is 5.91. The summed E-state index contributed by atoms with van der Waals surface area (Å²) in [6, 6.07) is 20.0. The molecule has 0 aliphatic rings. The van der Waals surface area contributed by atoms with Crippen LogP contribution in [0.1, 0.15) is 16.1 Å². The van der Waals surface area contributed by atoms with Crippen LogP contribution in [0.25, 0.3) is 22.2 Å². The van der Waals surface area contributed by atoms with Crippen molar-refractivity contribution in [1.82, 2.24) is 14.8 Å². The number of benzene rings is 3. The Kier molecular flexibility index (Phi) is 6.44. The summed E-state index contributed by atoms with van der Waals surface area (Å²) < 4.78 is 12.9. The van der Waals surface area contributed by atoms with Crippen molar-refractivity contribution in [3.8, 4) is 28.5 Å². The molecule has 1 amide bonds. The Morgan fingerprint density at radius 3 is 2.47 bits per heavy atom. The maximum absolute atomic E-state index is 13.6. The van der Waals surface area contributed by atoms with Gasteiger partial charge in [-0.25, -0.2) is 4.98 Å². The van der Waals surface area contributed by atoms with E-state index in [4.69, 9.17) is 14.5 Å². The number of aryl methyl sites for hydroxylation is 2. The number of hydrogen-bond donors (Lipinski definition) is 1. The molecular weight excluding hydrogens is 486 g/mol. The lowest BCUT2D eigenvalue weighted by molar-refractivity contribution is -0.384. The number of anilines is 1. The molecule has 0 fully saturated rings. The number of methoxy groups -OCH3 is 1.